The van der Waals surface area contributed by atoms with Crippen molar-refractivity contribution in [1.82, 2.24) is 19.7 Å². The molecule has 1 amide bonds. The van der Waals surface area contributed by atoms with Crippen molar-refractivity contribution in [1.29, 1.82) is 0 Å². The maximum atomic E-state index is 10.4. The highest BCUT2D eigenvalue weighted by molar-refractivity contribution is 5.66. The van der Waals surface area contributed by atoms with E-state index in [9.17, 15) is 4.79 Å². The zero-order valence-corrected chi connectivity index (χ0v) is 6.29. The Kier molecular flexibility index (Phi) is 1.46. The normalized spacial score (nSPS) is 17.5. The Morgan fingerprint density at radius 3 is 2.83 bits per heavy atom. The van der Waals surface area contributed by atoms with Crippen molar-refractivity contribution in [3.8, 4) is 0 Å². The summed E-state index contributed by atoms with van der Waals surface area (Å²) in [5.74, 6) is 0. The average Bonchev–Trinajstić information content (AvgIpc) is 2.34. The lowest BCUT2D eigenvalue weighted by Gasteiger charge is -2.36. The number of nitrogens with zero attached hydrogens (tertiary/aromatic N) is 4. The fourth-order valence-electron chi connectivity index (χ4n) is 1.18. The van der Waals surface area contributed by atoms with Gasteiger partial charge in [0, 0.05) is 13.1 Å². The maximum absolute atomic E-state index is 10.4. The standard InChI is InChI=1S/C6H8N4O2/c11-6(12)9-1-5(2-9)10-4-7-3-8-10/h3-5H,1-2H2,(H,11,12). The zero-order chi connectivity index (χ0) is 8.55. The first-order valence-corrected chi connectivity index (χ1v) is 3.59. The summed E-state index contributed by atoms with van der Waals surface area (Å²) in [5, 5.41) is 12.4. The van der Waals surface area contributed by atoms with Crippen LogP contribution in [0, 0.1) is 0 Å². The van der Waals surface area contributed by atoms with Crippen LogP contribution in [-0.2, 0) is 0 Å². The molecule has 1 aliphatic rings. The highest BCUT2D eigenvalue weighted by atomic mass is 16.4. The first kappa shape index (κ1) is 7.08. The van der Waals surface area contributed by atoms with Crippen LogP contribution in [0.3, 0.4) is 0 Å². The molecule has 0 radical (unpaired) electrons. The van der Waals surface area contributed by atoms with Crippen molar-refractivity contribution in [3.05, 3.63) is 12.7 Å². The van der Waals surface area contributed by atoms with E-state index < -0.39 is 6.09 Å². The van der Waals surface area contributed by atoms with Gasteiger partial charge in [-0.15, -0.1) is 0 Å². The molecule has 0 spiro atoms. The second kappa shape index (κ2) is 2.47. The van der Waals surface area contributed by atoms with Gasteiger partial charge in [0.1, 0.15) is 12.7 Å². The minimum atomic E-state index is -0.869. The highest BCUT2D eigenvalue weighted by Gasteiger charge is 2.31. The summed E-state index contributed by atoms with van der Waals surface area (Å²) >= 11 is 0. The summed E-state index contributed by atoms with van der Waals surface area (Å²) in [6, 6.07) is 0.170. The van der Waals surface area contributed by atoms with Crippen LogP contribution in [0.25, 0.3) is 0 Å². The van der Waals surface area contributed by atoms with Gasteiger partial charge in [-0.05, 0) is 0 Å². The lowest BCUT2D eigenvalue weighted by atomic mass is 10.1. The highest BCUT2D eigenvalue weighted by Crippen LogP contribution is 2.18. The quantitative estimate of drug-likeness (QED) is 0.631. The molecular formula is C6H8N4O2. The summed E-state index contributed by atoms with van der Waals surface area (Å²) in [5.41, 5.74) is 0. The van der Waals surface area contributed by atoms with Crippen LogP contribution in [0.2, 0.25) is 0 Å². The lowest BCUT2D eigenvalue weighted by Crippen LogP contribution is -2.50. The van der Waals surface area contributed by atoms with Gasteiger partial charge in [-0.1, -0.05) is 0 Å². The van der Waals surface area contributed by atoms with Crippen molar-refractivity contribution in [3.63, 3.8) is 0 Å². The molecular weight excluding hydrogens is 160 g/mol. The van der Waals surface area contributed by atoms with E-state index in [1.54, 1.807) is 11.0 Å². The van der Waals surface area contributed by atoms with E-state index in [1.165, 1.54) is 11.2 Å². The van der Waals surface area contributed by atoms with Crippen LogP contribution in [0.15, 0.2) is 12.7 Å². The zero-order valence-electron chi connectivity index (χ0n) is 6.29. The number of hydrogen-bond donors (Lipinski definition) is 1. The van der Waals surface area contributed by atoms with Crippen molar-refractivity contribution >= 4 is 6.09 Å². The van der Waals surface area contributed by atoms with E-state index in [2.05, 4.69) is 10.1 Å². The van der Waals surface area contributed by atoms with Crippen LogP contribution in [0.4, 0.5) is 4.79 Å². The minimum Gasteiger partial charge on any atom is -0.465 e. The second-order valence-electron chi connectivity index (χ2n) is 2.72. The molecule has 1 aromatic rings. The molecule has 64 valence electrons. The molecule has 6 nitrogen and oxygen atoms in total. The second-order valence-corrected chi connectivity index (χ2v) is 2.72. The Morgan fingerprint density at radius 2 is 2.33 bits per heavy atom. The van der Waals surface area contributed by atoms with Gasteiger partial charge >= 0.3 is 6.09 Å². The van der Waals surface area contributed by atoms with Crippen molar-refractivity contribution in [2.24, 2.45) is 0 Å². The van der Waals surface area contributed by atoms with Crippen molar-refractivity contribution < 1.29 is 9.90 Å². The summed E-state index contributed by atoms with van der Waals surface area (Å²) in [6.07, 6.45) is 2.18. The number of carboxylic acid groups (broad SMARTS) is 1. The molecule has 1 saturated heterocycles. The molecule has 0 atom stereocenters. The number of amides is 1. The predicted octanol–water partition coefficient (Wildman–Crippen LogP) is -0.187. The Balaban J connectivity index is 1.94. The van der Waals surface area contributed by atoms with Gasteiger partial charge < -0.3 is 10.0 Å². The molecule has 0 unspecified atom stereocenters. The van der Waals surface area contributed by atoms with Crippen LogP contribution in [-0.4, -0.2) is 44.0 Å². The molecule has 0 aliphatic carbocycles. The summed E-state index contributed by atoms with van der Waals surface area (Å²) < 4.78 is 1.68. The van der Waals surface area contributed by atoms with Gasteiger partial charge in [0.2, 0.25) is 0 Å². The lowest BCUT2D eigenvalue weighted by molar-refractivity contribution is 0.0811. The molecule has 1 aromatic heterocycles. The average molecular weight is 168 g/mol. The number of carbonyl (C=O) groups is 1. The topological polar surface area (TPSA) is 71.2 Å². The fraction of sp³-hybridized carbons (Fsp3) is 0.500. The van der Waals surface area contributed by atoms with E-state index in [1.807, 2.05) is 0 Å². The SMILES string of the molecule is O=C(O)N1CC(n2cncn2)C1. The molecule has 1 fully saturated rings. The van der Waals surface area contributed by atoms with Gasteiger partial charge in [0.15, 0.2) is 0 Å². The molecule has 0 saturated carbocycles. The Bertz CT molecular complexity index is 278. The number of likely N-dealkylation sites (tertiary alicyclic amines) is 1. The van der Waals surface area contributed by atoms with Crippen LogP contribution < -0.4 is 0 Å². The monoisotopic (exact) mass is 168 g/mol. The Labute approximate surface area is 68.4 Å². The number of aromatic nitrogens is 3. The molecule has 1 aliphatic heterocycles. The molecule has 6 heteroatoms. The predicted molar refractivity (Wildman–Crippen MR) is 38.7 cm³/mol. The van der Waals surface area contributed by atoms with Crippen molar-refractivity contribution in [2.75, 3.05) is 13.1 Å². The molecule has 12 heavy (non-hydrogen) atoms. The van der Waals surface area contributed by atoms with Gasteiger partial charge in [-0.25, -0.2) is 14.5 Å². The minimum absolute atomic E-state index is 0.170. The summed E-state index contributed by atoms with van der Waals surface area (Å²) in [7, 11) is 0. The molecule has 2 heterocycles. The Hall–Kier alpha value is -1.59. The summed E-state index contributed by atoms with van der Waals surface area (Å²) in [6.45, 7) is 1.03. The van der Waals surface area contributed by atoms with Crippen LogP contribution >= 0.6 is 0 Å². The van der Waals surface area contributed by atoms with E-state index in [0.29, 0.717) is 13.1 Å². The van der Waals surface area contributed by atoms with E-state index >= 15 is 0 Å². The fourth-order valence-corrected chi connectivity index (χ4v) is 1.18. The smallest absolute Gasteiger partial charge is 0.407 e. The molecule has 0 aromatic carbocycles. The van der Waals surface area contributed by atoms with Crippen LogP contribution in [0.1, 0.15) is 6.04 Å². The van der Waals surface area contributed by atoms with E-state index in [0.717, 1.165) is 0 Å². The van der Waals surface area contributed by atoms with Gasteiger partial charge in [0.25, 0.3) is 0 Å². The first-order chi connectivity index (χ1) is 5.77. The molecule has 2 rings (SSSR count). The Morgan fingerprint density at radius 1 is 1.58 bits per heavy atom. The largest absolute Gasteiger partial charge is 0.465 e. The maximum Gasteiger partial charge on any atom is 0.407 e. The summed E-state index contributed by atoms with van der Waals surface area (Å²) in [4.78, 5) is 15.5. The van der Waals surface area contributed by atoms with Gasteiger partial charge in [-0.2, -0.15) is 5.10 Å². The van der Waals surface area contributed by atoms with E-state index in [4.69, 9.17) is 5.11 Å². The third-order valence-electron chi connectivity index (χ3n) is 1.94. The third kappa shape index (κ3) is 1.01. The van der Waals surface area contributed by atoms with E-state index in [-0.39, 0.29) is 6.04 Å². The molecule has 0 bridgehead atoms. The van der Waals surface area contributed by atoms with Crippen molar-refractivity contribution in [2.45, 2.75) is 6.04 Å². The molecule has 1 N–H and O–H groups in total. The number of hydrogen-bond acceptors (Lipinski definition) is 3. The number of rotatable bonds is 1. The van der Waals surface area contributed by atoms with Gasteiger partial charge in [-0.3, -0.25) is 0 Å². The first-order valence-electron chi connectivity index (χ1n) is 3.59. The van der Waals surface area contributed by atoms with Gasteiger partial charge in [0.05, 0.1) is 6.04 Å². The third-order valence-corrected chi connectivity index (χ3v) is 1.94. The van der Waals surface area contributed by atoms with Crippen LogP contribution in [0.5, 0.6) is 0 Å².